The molecule has 0 radical (unpaired) electrons. The molecule has 0 spiro atoms. The van der Waals surface area contributed by atoms with E-state index in [0.717, 1.165) is 31.0 Å². The van der Waals surface area contributed by atoms with E-state index < -0.39 is 0 Å². The molecule has 0 amide bonds. The highest BCUT2D eigenvalue weighted by molar-refractivity contribution is 5.64. The van der Waals surface area contributed by atoms with Gasteiger partial charge in [-0.05, 0) is 25.0 Å². The fraction of sp³-hybridized carbons (Fsp3) is 0.500. The average Bonchev–Trinajstić information content (AvgIpc) is 2.68. The Morgan fingerprint density at radius 3 is 2.47 bits per heavy atom. The summed E-state index contributed by atoms with van der Waals surface area (Å²) < 4.78 is 10.6. The van der Waals surface area contributed by atoms with Crippen molar-refractivity contribution < 1.29 is 9.47 Å². The summed E-state index contributed by atoms with van der Waals surface area (Å²) in [5, 5.41) is 0. The molecule has 3 nitrogen and oxygen atoms in total. The zero-order valence-corrected chi connectivity index (χ0v) is 9.54. The smallest absolute Gasteiger partial charge is 0.162 e. The van der Waals surface area contributed by atoms with Gasteiger partial charge in [0.1, 0.15) is 0 Å². The summed E-state index contributed by atoms with van der Waals surface area (Å²) in [6.07, 6.45) is 1.10. The molecule has 1 heterocycles. The van der Waals surface area contributed by atoms with Gasteiger partial charge in [-0.15, -0.1) is 0 Å². The Bertz CT molecular complexity index is 363. The van der Waals surface area contributed by atoms with Gasteiger partial charge in [0.15, 0.2) is 11.5 Å². The maximum absolute atomic E-state index is 5.30. The van der Waals surface area contributed by atoms with E-state index in [-0.39, 0.29) is 0 Å². The van der Waals surface area contributed by atoms with Crippen LogP contribution >= 0.6 is 0 Å². The molecule has 2 rings (SSSR count). The van der Waals surface area contributed by atoms with E-state index in [1.807, 2.05) is 0 Å². The van der Waals surface area contributed by atoms with E-state index in [1.54, 1.807) is 14.2 Å². The van der Waals surface area contributed by atoms with Crippen LogP contribution in [0.2, 0.25) is 0 Å². The SMILES string of the molecule is CCN1CCc2cc(OC)c(OC)cc21. The minimum atomic E-state index is 0.816. The average molecular weight is 207 g/mol. The quantitative estimate of drug-likeness (QED) is 0.757. The number of anilines is 1. The van der Waals surface area contributed by atoms with Crippen LogP contribution in [0.15, 0.2) is 12.1 Å². The molecule has 15 heavy (non-hydrogen) atoms. The monoisotopic (exact) mass is 207 g/mol. The summed E-state index contributed by atoms with van der Waals surface area (Å²) in [6, 6.07) is 4.16. The van der Waals surface area contributed by atoms with Gasteiger partial charge in [-0.2, -0.15) is 0 Å². The predicted octanol–water partition coefficient (Wildman–Crippen LogP) is 2.09. The predicted molar refractivity (Wildman–Crippen MR) is 61.1 cm³/mol. The second kappa shape index (κ2) is 4.01. The van der Waals surface area contributed by atoms with Gasteiger partial charge in [0.2, 0.25) is 0 Å². The van der Waals surface area contributed by atoms with Crippen molar-refractivity contribution in [1.82, 2.24) is 0 Å². The largest absolute Gasteiger partial charge is 0.493 e. The van der Waals surface area contributed by atoms with Crippen molar-refractivity contribution in [3.8, 4) is 11.5 Å². The minimum Gasteiger partial charge on any atom is -0.493 e. The van der Waals surface area contributed by atoms with E-state index in [4.69, 9.17) is 9.47 Å². The van der Waals surface area contributed by atoms with Crippen LogP contribution in [0.5, 0.6) is 11.5 Å². The number of rotatable bonds is 3. The fourth-order valence-electron chi connectivity index (χ4n) is 2.11. The van der Waals surface area contributed by atoms with Crippen molar-refractivity contribution in [3.05, 3.63) is 17.7 Å². The van der Waals surface area contributed by atoms with Crippen molar-refractivity contribution in [3.63, 3.8) is 0 Å². The van der Waals surface area contributed by atoms with Crippen molar-refractivity contribution in [2.75, 3.05) is 32.2 Å². The molecule has 0 saturated carbocycles. The van der Waals surface area contributed by atoms with Crippen molar-refractivity contribution in [2.45, 2.75) is 13.3 Å². The van der Waals surface area contributed by atoms with Gasteiger partial charge in [0.25, 0.3) is 0 Å². The van der Waals surface area contributed by atoms with Crippen molar-refractivity contribution in [2.24, 2.45) is 0 Å². The summed E-state index contributed by atoms with van der Waals surface area (Å²) in [6.45, 7) is 4.32. The standard InChI is InChI=1S/C12H17NO2/c1-4-13-6-5-9-7-11(14-2)12(15-3)8-10(9)13/h7-8H,4-6H2,1-3H3. The molecule has 1 aromatic carbocycles. The lowest BCUT2D eigenvalue weighted by molar-refractivity contribution is 0.355. The number of hydrogen-bond donors (Lipinski definition) is 0. The number of ether oxygens (including phenoxy) is 2. The van der Waals surface area contributed by atoms with Crippen LogP contribution in [-0.2, 0) is 6.42 Å². The zero-order chi connectivity index (χ0) is 10.8. The molecule has 0 aliphatic carbocycles. The lowest BCUT2D eigenvalue weighted by Gasteiger charge is -2.18. The number of fused-ring (bicyclic) bond motifs is 1. The maximum atomic E-state index is 5.30. The second-order valence-corrected chi connectivity index (χ2v) is 3.67. The van der Waals surface area contributed by atoms with Gasteiger partial charge < -0.3 is 14.4 Å². The molecule has 1 aliphatic rings. The van der Waals surface area contributed by atoms with Crippen LogP contribution in [0.4, 0.5) is 5.69 Å². The molecule has 0 fully saturated rings. The van der Waals surface area contributed by atoms with Gasteiger partial charge in [-0.1, -0.05) is 0 Å². The fourth-order valence-corrected chi connectivity index (χ4v) is 2.11. The van der Waals surface area contributed by atoms with E-state index in [1.165, 1.54) is 11.3 Å². The van der Waals surface area contributed by atoms with Crippen molar-refractivity contribution >= 4 is 5.69 Å². The van der Waals surface area contributed by atoms with Crippen LogP contribution in [-0.4, -0.2) is 27.3 Å². The van der Waals surface area contributed by atoms with E-state index >= 15 is 0 Å². The minimum absolute atomic E-state index is 0.816. The van der Waals surface area contributed by atoms with Crippen LogP contribution in [0.25, 0.3) is 0 Å². The zero-order valence-electron chi connectivity index (χ0n) is 9.54. The lowest BCUT2D eigenvalue weighted by Crippen LogP contribution is -2.19. The number of methoxy groups -OCH3 is 2. The van der Waals surface area contributed by atoms with Gasteiger partial charge in [0.05, 0.1) is 14.2 Å². The summed E-state index contributed by atoms with van der Waals surface area (Å²) in [5.74, 6) is 1.64. The Kier molecular flexibility index (Phi) is 2.71. The summed E-state index contributed by atoms with van der Waals surface area (Å²) >= 11 is 0. The van der Waals surface area contributed by atoms with E-state index in [2.05, 4.69) is 24.0 Å². The van der Waals surface area contributed by atoms with Crippen LogP contribution < -0.4 is 14.4 Å². The summed E-state index contributed by atoms with van der Waals surface area (Å²) in [4.78, 5) is 2.36. The van der Waals surface area contributed by atoms with Gasteiger partial charge in [0, 0.05) is 24.8 Å². The summed E-state index contributed by atoms with van der Waals surface area (Å²) in [5.41, 5.74) is 2.64. The van der Waals surface area contributed by atoms with Gasteiger partial charge in [-0.3, -0.25) is 0 Å². The Balaban J connectivity index is 2.44. The van der Waals surface area contributed by atoms with Gasteiger partial charge >= 0.3 is 0 Å². The Labute approximate surface area is 90.6 Å². The lowest BCUT2D eigenvalue weighted by atomic mass is 10.1. The molecule has 0 atom stereocenters. The molecular formula is C12H17NO2. The molecule has 3 heteroatoms. The number of likely N-dealkylation sites (N-methyl/N-ethyl adjacent to an activating group) is 1. The van der Waals surface area contributed by atoms with Crippen LogP contribution in [0, 0.1) is 0 Å². The molecule has 82 valence electrons. The Morgan fingerprint density at radius 1 is 1.20 bits per heavy atom. The molecule has 0 N–H and O–H groups in total. The molecule has 0 saturated heterocycles. The third kappa shape index (κ3) is 1.62. The highest BCUT2D eigenvalue weighted by Crippen LogP contribution is 2.38. The second-order valence-electron chi connectivity index (χ2n) is 3.67. The number of nitrogens with zero attached hydrogens (tertiary/aromatic N) is 1. The highest BCUT2D eigenvalue weighted by atomic mass is 16.5. The summed E-state index contributed by atoms with van der Waals surface area (Å²) in [7, 11) is 3.35. The Morgan fingerprint density at radius 2 is 1.87 bits per heavy atom. The molecule has 1 aromatic rings. The first-order chi connectivity index (χ1) is 7.30. The number of hydrogen-bond acceptors (Lipinski definition) is 3. The maximum Gasteiger partial charge on any atom is 0.162 e. The van der Waals surface area contributed by atoms with Crippen LogP contribution in [0.1, 0.15) is 12.5 Å². The van der Waals surface area contributed by atoms with E-state index in [9.17, 15) is 0 Å². The topological polar surface area (TPSA) is 21.7 Å². The third-order valence-corrected chi connectivity index (χ3v) is 2.96. The normalized spacial score (nSPS) is 13.9. The molecule has 1 aliphatic heterocycles. The van der Waals surface area contributed by atoms with E-state index in [0.29, 0.717) is 0 Å². The molecule has 0 unspecified atom stereocenters. The molecule has 0 aromatic heterocycles. The third-order valence-electron chi connectivity index (χ3n) is 2.96. The highest BCUT2D eigenvalue weighted by Gasteiger charge is 2.20. The molecular weight excluding hydrogens is 190 g/mol. The Hall–Kier alpha value is -1.38. The van der Waals surface area contributed by atoms with Gasteiger partial charge in [-0.25, -0.2) is 0 Å². The van der Waals surface area contributed by atoms with Crippen LogP contribution in [0.3, 0.4) is 0 Å². The first kappa shape index (κ1) is 10.1. The first-order valence-corrected chi connectivity index (χ1v) is 5.30. The molecule has 0 bridgehead atoms. The van der Waals surface area contributed by atoms with Crippen molar-refractivity contribution in [1.29, 1.82) is 0 Å². The number of benzene rings is 1. The first-order valence-electron chi connectivity index (χ1n) is 5.30.